The minimum atomic E-state index is -1.15. The fourth-order valence-electron chi connectivity index (χ4n) is 2.49. The Morgan fingerprint density at radius 1 is 1.33 bits per heavy atom. The molecule has 0 amide bonds. The molecular formula is C13H18ClNO3. The number of aromatic nitrogens is 1. The van der Waals surface area contributed by atoms with Crippen LogP contribution in [0.3, 0.4) is 0 Å². The molecule has 0 atom stereocenters. The van der Waals surface area contributed by atoms with Gasteiger partial charge in [-0.2, -0.15) is 0 Å². The van der Waals surface area contributed by atoms with E-state index >= 15 is 0 Å². The van der Waals surface area contributed by atoms with E-state index in [4.69, 9.17) is 5.11 Å². The van der Waals surface area contributed by atoms with E-state index in [-0.39, 0.29) is 23.5 Å². The summed E-state index contributed by atoms with van der Waals surface area (Å²) in [4.78, 5) is 22.7. The van der Waals surface area contributed by atoms with Crippen LogP contribution >= 0.6 is 12.4 Å². The molecule has 1 aliphatic rings. The van der Waals surface area contributed by atoms with Crippen LogP contribution < -0.4 is 5.56 Å². The van der Waals surface area contributed by atoms with Gasteiger partial charge in [0.05, 0.1) is 0 Å². The van der Waals surface area contributed by atoms with Crippen LogP contribution in [0.5, 0.6) is 0 Å². The predicted octanol–water partition coefficient (Wildman–Crippen LogP) is 2.55. The summed E-state index contributed by atoms with van der Waals surface area (Å²) in [6, 6.07) is 3.00. The number of halogens is 1. The third-order valence-electron chi connectivity index (χ3n) is 3.43. The second kappa shape index (κ2) is 6.59. The fourth-order valence-corrected chi connectivity index (χ4v) is 2.49. The van der Waals surface area contributed by atoms with Gasteiger partial charge in [-0.3, -0.25) is 4.79 Å². The van der Waals surface area contributed by atoms with E-state index in [0.29, 0.717) is 12.5 Å². The van der Waals surface area contributed by atoms with Gasteiger partial charge < -0.3 is 9.67 Å². The van der Waals surface area contributed by atoms with Gasteiger partial charge in [-0.1, -0.05) is 19.3 Å². The SMILES string of the molecule is Cl.O=C(O)c1cccn(CC2CCCCC2)c1=O. The largest absolute Gasteiger partial charge is 0.477 e. The topological polar surface area (TPSA) is 59.3 Å². The number of carboxylic acid groups (broad SMARTS) is 1. The summed E-state index contributed by atoms with van der Waals surface area (Å²) in [6.07, 6.45) is 7.69. The summed E-state index contributed by atoms with van der Waals surface area (Å²) in [7, 11) is 0. The van der Waals surface area contributed by atoms with E-state index < -0.39 is 5.97 Å². The van der Waals surface area contributed by atoms with Gasteiger partial charge in [0.15, 0.2) is 0 Å². The molecule has 4 nitrogen and oxygen atoms in total. The van der Waals surface area contributed by atoms with Crippen molar-refractivity contribution in [1.82, 2.24) is 4.57 Å². The highest BCUT2D eigenvalue weighted by Crippen LogP contribution is 2.24. The predicted molar refractivity (Wildman–Crippen MR) is 71.5 cm³/mol. The van der Waals surface area contributed by atoms with E-state index in [0.717, 1.165) is 12.8 Å². The Bertz CT molecular complexity index is 464. The summed E-state index contributed by atoms with van der Waals surface area (Å²) >= 11 is 0. The third kappa shape index (κ3) is 3.35. The fraction of sp³-hybridized carbons (Fsp3) is 0.538. The van der Waals surface area contributed by atoms with Crippen LogP contribution in [0, 0.1) is 5.92 Å². The number of hydrogen-bond donors (Lipinski definition) is 1. The minimum absolute atomic E-state index is 0. The highest BCUT2D eigenvalue weighted by atomic mass is 35.5. The Balaban J connectivity index is 0.00000162. The normalized spacial score (nSPS) is 16.0. The first kappa shape index (κ1) is 14.8. The molecule has 1 saturated carbocycles. The van der Waals surface area contributed by atoms with Gasteiger partial charge in [-0.15, -0.1) is 12.4 Å². The van der Waals surface area contributed by atoms with Crippen molar-refractivity contribution in [3.05, 3.63) is 34.2 Å². The average Bonchev–Trinajstić information content (AvgIpc) is 2.33. The molecule has 0 saturated heterocycles. The summed E-state index contributed by atoms with van der Waals surface area (Å²) < 4.78 is 1.54. The Morgan fingerprint density at radius 2 is 2.00 bits per heavy atom. The molecule has 2 rings (SSSR count). The standard InChI is InChI=1S/C13H17NO3.ClH/c15-12-11(13(16)17)7-4-8-14(12)9-10-5-2-1-3-6-10;/h4,7-8,10H,1-3,5-6,9H2,(H,16,17);1H. The number of rotatable bonds is 3. The molecule has 0 aromatic carbocycles. The van der Waals surface area contributed by atoms with Crippen molar-refractivity contribution >= 4 is 18.4 Å². The molecular weight excluding hydrogens is 254 g/mol. The van der Waals surface area contributed by atoms with Gasteiger partial charge in [0.1, 0.15) is 5.56 Å². The molecule has 1 fully saturated rings. The zero-order valence-electron chi connectivity index (χ0n) is 10.2. The quantitative estimate of drug-likeness (QED) is 0.919. The van der Waals surface area contributed by atoms with Crippen LogP contribution in [0.2, 0.25) is 0 Å². The van der Waals surface area contributed by atoms with Gasteiger partial charge >= 0.3 is 5.97 Å². The van der Waals surface area contributed by atoms with Crippen molar-refractivity contribution in [2.75, 3.05) is 0 Å². The van der Waals surface area contributed by atoms with Crippen molar-refractivity contribution in [2.24, 2.45) is 5.92 Å². The summed E-state index contributed by atoms with van der Waals surface area (Å²) in [5.74, 6) is -0.626. The molecule has 0 unspecified atom stereocenters. The summed E-state index contributed by atoms with van der Waals surface area (Å²) in [5, 5.41) is 8.88. The molecule has 0 spiro atoms. The Labute approximate surface area is 112 Å². The lowest BCUT2D eigenvalue weighted by Crippen LogP contribution is -2.28. The molecule has 0 aliphatic heterocycles. The van der Waals surface area contributed by atoms with E-state index in [1.54, 1.807) is 16.8 Å². The van der Waals surface area contributed by atoms with Gasteiger partial charge in [0, 0.05) is 12.7 Å². The lowest BCUT2D eigenvalue weighted by Gasteiger charge is -2.22. The van der Waals surface area contributed by atoms with Crippen molar-refractivity contribution in [1.29, 1.82) is 0 Å². The number of carbonyl (C=O) groups is 1. The maximum Gasteiger partial charge on any atom is 0.341 e. The van der Waals surface area contributed by atoms with Crippen LogP contribution in [0.25, 0.3) is 0 Å². The van der Waals surface area contributed by atoms with Crippen molar-refractivity contribution in [3.63, 3.8) is 0 Å². The maximum absolute atomic E-state index is 11.9. The maximum atomic E-state index is 11.9. The lowest BCUT2D eigenvalue weighted by molar-refractivity contribution is 0.0694. The third-order valence-corrected chi connectivity index (χ3v) is 3.43. The highest BCUT2D eigenvalue weighted by Gasteiger charge is 2.16. The Morgan fingerprint density at radius 3 is 2.61 bits per heavy atom. The molecule has 1 aromatic heterocycles. The van der Waals surface area contributed by atoms with Crippen molar-refractivity contribution < 1.29 is 9.90 Å². The number of aromatic carboxylic acids is 1. The first-order valence-electron chi connectivity index (χ1n) is 6.11. The van der Waals surface area contributed by atoms with Crippen LogP contribution in [0.4, 0.5) is 0 Å². The second-order valence-electron chi connectivity index (χ2n) is 4.69. The lowest BCUT2D eigenvalue weighted by atomic mass is 9.89. The second-order valence-corrected chi connectivity index (χ2v) is 4.69. The molecule has 0 bridgehead atoms. The number of nitrogens with zero attached hydrogens (tertiary/aromatic N) is 1. The number of hydrogen-bond acceptors (Lipinski definition) is 2. The van der Waals surface area contributed by atoms with E-state index in [2.05, 4.69) is 0 Å². The molecule has 1 N–H and O–H groups in total. The Kier molecular flexibility index (Phi) is 5.41. The van der Waals surface area contributed by atoms with E-state index in [1.165, 1.54) is 25.3 Å². The van der Waals surface area contributed by atoms with Crippen LogP contribution in [0.15, 0.2) is 23.1 Å². The van der Waals surface area contributed by atoms with E-state index in [9.17, 15) is 9.59 Å². The molecule has 5 heteroatoms. The Hall–Kier alpha value is -1.29. The summed E-state index contributed by atoms with van der Waals surface area (Å²) in [6.45, 7) is 0.653. The molecule has 18 heavy (non-hydrogen) atoms. The van der Waals surface area contributed by atoms with Gasteiger partial charge in [0.25, 0.3) is 5.56 Å². The van der Waals surface area contributed by atoms with Gasteiger partial charge in [0.2, 0.25) is 0 Å². The number of pyridine rings is 1. The zero-order valence-corrected chi connectivity index (χ0v) is 11.0. The van der Waals surface area contributed by atoms with Crippen LogP contribution in [0.1, 0.15) is 42.5 Å². The first-order chi connectivity index (χ1) is 8.18. The van der Waals surface area contributed by atoms with Crippen molar-refractivity contribution in [2.45, 2.75) is 38.6 Å². The highest BCUT2D eigenvalue weighted by molar-refractivity contribution is 5.87. The zero-order chi connectivity index (χ0) is 12.3. The van der Waals surface area contributed by atoms with Gasteiger partial charge in [-0.25, -0.2) is 4.79 Å². The minimum Gasteiger partial charge on any atom is -0.477 e. The van der Waals surface area contributed by atoms with Crippen LogP contribution in [-0.2, 0) is 6.54 Å². The van der Waals surface area contributed by atoms with E-state index in [1.807, 2.05) is 0 Å². The average molecular weight is 272 g/mol. The first-order valence-corrected chi connectivity index (χ1v) is 6.11. The summed E-state index contributed by atoms with van der Waals surface area (Å²) in [5.41, 5.74) is -0.520. The van der Waals surface area contributed by atoms with Crippen LogP contribution in [-0.4, -0.2) is 15.6 Å². The van der Waals surface area contributed by atoms with Crippen molar-refractivity contribution in [3.8, 4) is 0 Å². The number of carboxylic acids is 1. The molecule has 100 valence electrons. The monoisotopic (exact) mass is 271 g/mol. The van der Waals surface area contributed by atoms with Gasteiger partial charge in [-0.05, 0) is 30.9 Å². The molecule has 0 radical (unpaired) electrons. The molecule has 1 heterocycles. The smallest absolute Gasteiger partial charge is 0.341 e. The molecule has 1 aliphatic carbocycles. The molecule has 1 aromatic rings.